The van der Waals surface area contributed by atoms with Crippen LogP contribution < -0.4 is 10.6 Å². The van der Waals surface area contributed by atoms with Crippen LogP contribution in [0, 0.1) is 5.92 Å². The zero-order chi connectivity index (χ0) is 11.2. The van der Waals surface area contributed by atoms with Crippen molar-refractivity contribution >= 4 is 5.91 Å². The molecule has 0 aliphatic heterocycles. The number of imidazole rings is 1. The summed E-state index contributed by atoms with van der Waals surface area (Å²) in [6.07, 6.45) is 8.00. The van der Waals surface area contributed by atoms with Gasteiger partial charge in [0.15, 0.2) is 0 Å². The Bertz CT molecular complexity index is 319. The van der Waals surface area contributed by atoms with Gasteiger partial charge < -0.3 is 15.2 Å². The molecule has 5 heteroatoms. The van der Waals surface area contributed by atoms with Crippen molar-refractivity contribution in [1.82, 2.24) is 20.2 Å². The summed E-state index contributed by atoms with van der Waals surface area (Å²) in [7, 11) is 0. The Labute approximate surface area is 95.2 Å². The second-order valence-corrected chi connectivity index (χ2v) is 4.22. The Hall–Kier alpha value is -1.36. The van der Waals surface area contributed by atoms with Crippen LogP contribution in [0.4, 0.5) is 0 Å². The largest absolute Gasteiger partial charge is 0.353 e. The van der Waals surface area contributed by atoms with E-state index in [2.05, 4.69) is 15.6 Å². The second kappa shape index (κ2) is 5.65. The molecular weight excluding hydrogens is 204 g/mol. The number of rotatable bonds is 7. The highest BCUT2D eigenvalue weighted by Gasteiger charge is 2.20. The van der Waals surface area contributed by atoms with Crippen LogP contribution in [0.5, 0.6) is 0 Å². The molecule has 0 saturated heterocycles. The van der Waals surface area contributed by atoms with Gasteiger partial charge in [0, 0.05) is 25.5 Å². The number of hydrogen-bond acceptors (Lipinski definition) is 3. The summed E-state index contributed by atoms with van der Waals surface area (Å²) in [5.41, 5.74) is 0. The molecule has 88 valence electrons. The summed E-state index contributed by atoms with van der Waals surface area (Å²) in [6.45, 7) is 2.84. The summed E-state index contributed by atoms with van der Waals surface area (Å²) in [5.74, 6) is 0.888. The average molecular weight is 222 g/mol. The highest BCUT2D eigenvalue weighted by Crippen LogP contribution is 2.27. The smallest absolute Gasteiger partial charge is 0.234 e. The highest BCUT2D eigenvalue weighted by atomic mass is 16.1. The molecule has 0 aromatic carbocycles. The molecule has 1 aliphatic carbocycles. The van der Waals surface area contributed by atoms with Gasteiger partial charge in [0.05, 0.1) is 12.9 Å². The molecule has 1 aliphatic rings. The van der Waals surface area contributed by atoms with Crippen LogP contribution in [0.2, 0.25) is 0 Å². The summed E-state index contributed by atoms with van der Waals surface area (Å²) < 4.78 is 1.94. The Balaban J connectivity index is 1.49. The summed E-state index contributed by atoms with van der Waals surface area (Å²) in [6, 6.07) is 0. The van der Waals surface area contributed by atoms with Gasteiger partial charge in [0.25, 0.3) is 0 Å². The van der Waals surface area contributed by atoms with E-state index in [1.54, 1.807) is 12.5 Å². The lowest BCUT2D eigenvalue weighted by Crippen LogP contribution is -2.36. The third-order valence-electron chi connectivity index (χ3n) is 2.67. The van der Waals surface area contributed by atoms with Crippen molar-refractivity contribution in [2.75, 3.05) is 19.6 Å². The van der Waals surface area contributed by atoms with E-state index in [4.69, 9.17) is 0 Å². The van der Waals surface area contributed by atoms with Gasteiger partial charge in [0.1, 0.15) is 0 Å². The fourth-order valence-electron chi connectivity index (χ4n) is 1.52. The van der Waals surface area contributed by atoms with Gasteiger partial charge >= 0.3 is 0 Å². The van der Waals surface area contributed by atoms with Gasteiger partial charge in [0.2, 0.25) is 5.91 Å². The van der Waals surface area contributed by atoms with E-state index in [9.17, 15) is 4.79 Å². The minimum Gasteiger partial charge on any atom is -0.353 e. The number of nitrogens with zero attached hydrogens (tertiary/aromatic N) is 2. The van der Waals surface area contributed by atoms with E-state index >= 15 is 0 Å². The molecule has 0 unspecified atom stereocenters. The molecule has 1 heterocycles. The Kier molecular flexibility index (Phi) is 3.93. The first-order valence-electron chi connectivity index (χ1n) is 5.78. The van der Waals surface area contributed by atoms with Crippen molar-refractivity contribution in [3.63, 3.8) is 0 Å². The first-order valence-corrected chi connectivity index (χ1v) is 5.78. The maximum Gasteiger partial charge on any atom is 0.234 e. The molecule has 1 aromatic heterocycles. The number of nitrogens with one attached hydrogen (secondary N) is 2. The zero-order valence-electron chi connectivity index (χ0n) is 9.35. The predicted molar refractivity (Wildman–Crippen MR) is 60.8 cm³/mol. The number of amides is 1. The average Bonchev–Trinajstić information content (AvgIpc) is 2.94. The Morgan fingerprint density at radius 1 is 1.50 bits per heavy atom. The number of carbonyl (C=O) groups is 1. The van der Waals surface area contributed by atoms with Gasteiger partial charge in [-0.2, -0.15) is 0 Å². The molecule has 0 radical (unpaired) electrons. The molecule has 0 atom stereocenters. The van der Waals surface area contributed by atoms with Crippen LogP contribution >= 0.6 is 0 Å². The van der Waals surface area contributed by atoms with Gasteiger partial charge in [-0.3, -0.25) is 4.79 Å². The summed E-state index contributed by atoms with van der Waals surface area (Å²) in [4.78, 5) is 15.3. The van der Waals surface area contributed by atoms with Gasteiger partial charge in [-0.25, -0.2) is 4.98 Å². The Morgan fingerprint density at radius 3 is 3.06 bits per heavy atom. The van der Waals surface area contributed by atoms with Crippen molar-refractivity contribution in [3.05, 3.63) is 18.7 Å². The van der Waals surface area contributed by atoms with Crippen LogP contribution in [-0.4, -0.2) is 35.1 Å². The standard InChI is InChI=1S/C11H18N4O/c16-11(8-13-7-10-1-2-10)14-4-6-15-5-3-12-9-15/h3,5,9-10,13H,1-2,4,6-8H2,(H,14,16). The molecule has 1 aromatic rings. The van der Waals surface area contributed by atoms with Gasteiger partial charge in [-0.1, -0.05) is 0 Å². The maximum absolute atomic E-state index is 11.4. The van der Waals surface area contributed by atoms with Gasteiger partial charge in [-0.15, -0.1) is 0 Å². The van der Waals surface area contributed by atoms with Crippen molar-refractivity contribution in [2.24, 2.45) is 5.92 Å². The zero-order valence-corrected chi connectivity index (χ0v) is 9.35. The maximum atomic E-state index is 11.4. The monoisotopic (exact) mass is 222 g/mol. The number of aromatic nitrogens is 2. The minimum atomic E-state index is 0.0702. The molecule has 1 amide bonds. The molecular formula is C11H18N4O. The van der Waals surface area contributed by atoms with E-state index in [1.165, 1.54) is 12.8 Å². The van der Waals surface area contributed by atoms with E-state index < -0.39 is 0 Å². The molecule has 0 spiro atoms. The number of hydrogen-bond donors (Lipinski definition) is 2. The molecule has 5 nitrogen and oxygen atoms in total. The fourth-order valence-corrected chi connectivity index (χ4v) is 1.52. The normalized spacial score (nSPS) is 15.0. The first-order chi connectivity index (χ1) is 7.84. The molecule has 16 heavy (non-hydrogen) atoms. The summed E-state index contributed by atoms with van der Waals surface area (Å²) >= 11 is 0. The molecule has 2 N–H and O–H groups in total. The lowest BCUT2D eigenvalue weighted by atomic mass is 10.4. The third-order valence-corrected chi connectivity index (χ3v) is 2.67. The fraction of sp³-hybridized carbons (Fsp3) is 0.636. The van der Waals surface area contributed by atoms with Crippen molar-refractivity contribution in [1.29, 1.82) is 0 Å². The van der Waals surface area contributed by atoms with Crippen molar-refractivity contribution in [2.45, 2.75) is 19.4 Å². The molecule has 1 fully saturated rings. The van der Waals surface area contributed by atoms with Crippen LogP contribution in [-0.2, 0) is 11.3 Å². The first kappa shape index (κ1) is 11.1. The topological polar surface area (TPSA) is 59.0 Å². The molecule has 2 rings (SSSR count). The minimum absolute atomic E-state index is 0.0702. The van der Waals surface area contributed by atoms with E-state index in [-0.39, 0.29) is 5.91 Å². The summed E-state index contributed by atoms with van der Waals surface area (Å²) in [5, 5.41) is 6.02. The van der Waals surface area contributed by atoms with Crippen molar-refractivity contribution in [3.8, 4) is 0 Å². The Morgan fingerprint density at radius 2 is 2.38 bits per heavy atom. The highest BCUT2D eigenvalue weighted by molar-refractivity contribution is 5.77. The molecule has 1 saturated carbocycles. The SMILES string of the molecule is O=C(CNCC1CC1)NCCn1ccnc1. The quantitative estimate of drug-likeness (QED) is 0.682. The molecule has 0 bridgehead atoms. The second-order valence-electron chi connectivity index (χ2n) is 4.22. The lowest BCUT2D eigenvalue weighted by molar-refractivity contribution is -0.120. The van der Waals surface area contributed by atoms with Crippen molar-refractivity contribution < 1.29 is 4.79 Å². The van der Waals surface area contributed by atoms with E-state index in [0.717, 1.165) is 19.0 Å². The van der Waals surface area contributed by atoms with Crippen LogP contribution in [0.25, 0.3) is 0 Å². The van der Waals surface area contributed by atoms with E-state index in [1.807, 2.05) is 10.8 Å². The predicted octanol–water partition coefficient (Wildman–Crippen LogP) is -0.00110. The third kappa shape index (κ3) is 4.02. The van der Waals surface area contributed by atoms with Crippen LogP contribution in [0.1, 0.15) is 12.8 Å². The van der Waals surface area contributed by atoms with Crippen LogP contribution in [0.3, 0.4) is 0 Å². The van der Waals surface area contributed by atoms with Crippen LogP contribution in [0.15, 0.2) is 18.7 Å². The number of carbonyl (C=O) groups excluding carboxylic acids is 1. The van der Waals surface area contributed by atoms with E-state index in [0.29, 0.717) is 13.1 Å². The lowest BCUT2D eigenvalue weighted by Gasteiger charge is -2.06. The van der Waals surface area contributed by atoms with Gasteiger partial charge in [-0.05, 0) is 25.3 Å².